The zero-order valence-corrected chi connectivity index (χ0v) is 13.3. The van der Waals surface area contributed by atoms with Crippen molar-refractivity contribution in [3.8, 4) is 0 Å². The maximum Gasteiger partial charge on any atom is 0.248 e. The Labute approximate surface area is 123 Å². The number of primary sulfonamides is 1. The third-order valence-electron chi connectivity index (χ3n) is 2.21. The second-order valence-electron chi connectivity index (χ2n) is 3.56. The predicted molar refractivity (Wildman–Crippen MR) is 75.3 cm³/mol. The van der Waals surface area contributed by atoms with Gasteiger partial charge in [-0.05, 0) is 34.1 Å². The van der Waals surface area contributed by atoms with Gasteiger partial charge in [-0.3, -0.25) is 0 Å². The highest BCUT2D eigenvalue weighted by Crippen LogP contribution is 2.35. The lowest BCUT2D eigenvalue weighted by molar-refractivity contribution is 0.597. The van der Waals surface area contributed by atoms with Crippen LogP contribution in [0.25, 0.3) is 0 Å². The zero-order valence-electron chi connectivity index (χ0n) is 9.28. The van der Waals surface area contributed by atoms with E-state index in [1.165, 1.54) is 18.2 Å². The number of benzene rings is 1. The van der Waals surface area contributed by atoms with Crippen LogP contribution in [0.15, 0.2) is 54.2 Å². The minimum atomic E-state index is -3.95. The summed E-state index contributed by atoms with van der Waals surface area (Å²) >= 11 is 3.63. The highest BCUT2D eigenvalue weighted by atomic mass is 79.9. The summed E-state index contributed by atoms with van der Waals surface area (Å²) in [5.41, 5.74) is 0. The fraction of sp³-hybridized carbons (Fsp3) is 0. The van der Waals surface area contributed by atoms with Gasteiger partial charge >= 0.3 is 0 Å². The lowest BCUT2D eigenvalue weighted by Gasteiger charge is -2.00. The molecule has 2 rings (SSSR count). The lowest BCUT2D eigenvalue weighted by atomic mass is 10.4. The Hall–Kier alpha value is -0.740. The van der Waals surface area contributed by atoms with Gasteiger partial charge in [-0.2, -0.15) is 0 Å². The molecule has 0 amide bonds. The number of thiophene rings is 1. The monoisotopic (exact) mass is 381 g/mol. The van der Waals surface area contributed by atoms with Crippen LogP contribution in [0.3, 0.4) is 0 Å². The molecular weight excluding hydrogens is 374 g/mol. The van der Waals surface area contributed by atoms with E-state index in [-0.39, 0.29) is 17.8 Å². The van der Waals surface area contributed by atoms with Crippen molar-refractivity contribution in [3.05, 3.63) is 40.9 Å². The number of hydrogen-bond acceptors (Lipinski definition) is 5. The maximum absolute atomic E-state index is 12.3. The number of halogens is 1. The van der Waals surface area contributed by atoms with Crippen molar-refractivity contribution >= 4 is 47.1 Å². The minimum absolute atomic E-state index is 0.0744. The summed E-state index contributed by atoms with van der Waals surface area (Å²) in [5.74, 6) is 0. The van der Waals surface area contributed by atoms with Gasteiger partial charge in [-0.15, -0.1) is 11.3 Å². The van der Waals surface area contributed by atoms with Crippen LogP contribution < -0.4 is 5.14 Å². The third-order valence-corrected chi connectivity index (χ3v) is 8.22. The van der Waals surface area contributed by atoms with Gasteiger partial charge in [-0.25, -0.2) is 22.0 Å². The molecule has 0 spiro atoms. The van der Waals surface area contributed by atoms with E-state index in [0.29, 0.717) is 11.3 Å². The molecule has 9 heteroatoms. The zero-order chi connectivity index (χ0) is 14.3. The standard InChI is InChI=1S/C10H8BrNO4S3/c11-8-6-9(17-10(8)19(12,15)16)18(13,14)7-4-2-1-3-5-7/h1-6H,(H2,12,15,16). The summed E-state index contributed by atoms with van der Waals surface area (Å²) in [7, 11) is -7.68. The van der Waals surface area contributed by atoms with Crippen LogP contribution in [0.4, 0.5) is 0 Å². The van der Waals surface area contributed by atoms with Crippen molar-refractivity contribution in [1.29, 1.82) is 0 Å². The molecular formula is C10H8BrNO4S3. The first-order chi connectivity index (χ1) is 8.73. The minimum Gasteiger partial charge on any atom is -0.224 e. The van der Waals surface area contributed by atoms with Crippen molar-refractivity contribution in [2.24, 2.45) is 5.14 Å². The molecule has 102 valence electrons. The molecule has 0 aliphatic carbocycles. The third kappa shape index (κ3) is 2.90. The van der Waals surface area contributed by atoms with Crippen LogP contribution in [0.2, 0.25) is 0 Å². The SMILES string of the molecule is NS(=O)(=O)c1sc(S(=O)(=O)c2ccccc2)cc1Br. The summed E-state index contributed by atoms with van der Waals surface area (Å²) in [4.78, 5) is 0.102. The molecule has 0 saturated heterocycles. The highest BCUT2D eigenvalue weighted by molar-refractivity contribution is 9.10. The molecule has 0 radical (unpaired) electrons. The van der Waals surface area contributed by atoms with E-state index in [1.807, 2.05) is 0 Å². The molecule has 0 fully saturated rings. The Morgan fingerprint density at radius 2 is 1.63 bits per heavy atom. The highest BCUT2D eigenvalue weighted by Gasteiger charge is 2.25. The number of hydrogen-bond donors (Lipinski definition) is 1. The van der Waals surface area contributed by atoms with Crippen LogP contribution >= 0.6 is 27.3 Å². The van der Waals surface area contributed by atoms with E-state index >= 15 is 0 Å². The van der Waals surface area contributed by atoms with Crippen LogP contribution in [0.1, 0.15) is 0 Å². The van der Waals surface area contributed by atoms with Gasteiger partial charge < -0.3 is 0 Å². The summed E-state index contributed by atoms with van der Waals surface area (Å²) in [6, 6.07) is 9.01. The van der Waals surface area contributed by atoms with Gasteiger partial charge in [0.25, 0.3) is 0 Å². The smallest absolute Gasteiger partial charge is 0.224 e. The first kappa shape index (κ1) is 14.7. The molecule has 1 aromatic heterocycles. The van der Waals surface area contributed by atoms with E-state index in [0.717, 1.165) is 0 Å². The fourth-order valence-electron chi connectivity index (χ4n) is 1.37. The van der Waals surface area contributed by atoms with Gasteiger partial charge in [0.05, 0.1) is 4.90 Å². The predicted octanol–water partition coefficient (Wildman–Crippen LogP) is 1.99. The van der Waals surface area contributed by atoms with E-state index in [9.17, 15) is 16.8 Å². The van der Waals surface area contributed by atoms with Crippen molar-refractivity contribution in [1.82, 2.24) is 0 Å². The van der Waals surface area contributed by atoms with Gasteiger partial charge in [0.1, 0.15) is 8.42 Å². The summed E-state index contributed by atoms with van der Waals surface area (Å²) in [6.07, 6.45) is 0. The Balaban J connectivity index is 2.62. The quantitative estimate of drug-likeness (QED) is 0.879. The average molecular weight is 382 g/mol. The second kappa shape index (κ2) is 4.98. The topological polar surface area (TPSA) is 94.3 Å². The van der Waals surface area contributed by atoms with Crippen molar-refractivity contribution in [2.45, 2.75) is 13.3 Å². The first-order valence-corrected chi connectivity index (χ1v) is 9.49. The van der Waals surface area contributed by atoms with Gasteiger partial charge in [-0.1, -0.05) is 18.2 Å². The Bertz CT molecular complexity index is 810. The van der Waals surface area contributed by atoms with Crippen molar-refractivity contribution in [3.63, 3.8) is 0 Å². The maximum atomic E-state index is 12.3. The number of sulfone groups is 1. The van der Waals surface area contributed by atoms with Crippen LogP contribution in [-0.2, 0) is 19.9 Å². The van der Waals surface area contributed by atoms with Crippen LogP contribution in [-0.4, -0.2) is 16.8 Å². The van der Waals surface area contributed by atoms with Crippen LogP contribution in [0, 0.1) is 0 Å². The fourth-order valence-corrected chi connectivity index (χ4v) is 6.56. The number of nitrogens with two attached hydrogens (primary N) is 1. The molecule has 0 aliphatic rings. The molecule has 0 saturated carbocycles. The molecule has 0 unspecified atom stereocenters. The largest absolute Gasteiger partial charge is 0.248 e. The molecule has 0 bridgehead atoms. The molecule has 0 atom stereocenters. The van der Waals surface area contributed by atoms with E-state index < -0.39 is 19.9 Å². The summed E-state index contributed by atoms with van der Waals surface area (Å²) in [6.45, 7) is 0. The summed E-state index contributed by atoms with van der Waals surface area (Å²) < 4.78 is 47.0. The second-order valence-corrected chi connectivity index (χ2v) is 9.40. The van der Waals surface area contributed by atoms with Gasteiger partial charge in [0.2, 0.25) is 19.9 Å². The van der Waals surface area contributed by atoms with E-state index in [2.05, 4.69) is 15.9 Å². The lowest BCUT2D eigenvalue weighted by Crippen LogP contribution is -2.10. The van der Waals surface area contributed by atoms with E-state index in [4.69, 9.17) is 5.14 Å². The molecule has 2 aromatic rings. The average Bonchev–Trinajstić information content (AvgIpc) is 2.73. The van der Waals surface area contributed by atoms with E-state index in [1.54, 1.807) is 18.2 Å². The normalized spacial score (nSPS) is 12.5. The van der Waals surface area contributed by atoms with Crippen molar-refractivity contribution < 1.29 is 16.8 Å². The molecule has 5 nitrogen and oxygen atoms in total. The molecule has 0 aliphatic heterocycles. The van der Waals surface area contributed by atoms with Gasteiger partial charge in [0.15, 0.2) is 0 Å². The van der Waals surface area contributed by atoms with Crippen molar-refractivity contribution in [2.75, 3.05) is 0 Å². The Morgan fingerprint density at radius 3 is 2.11 bits per heavy atom. The Morgan fingerprint density at radius 1 is 1.05 bits per heavy atom. The first-order valence-electron chi connectivity index (χ1n) is 4.85. The molecule has 19 heavy (non-hydrogen) atoms. The molecule has 2 N–H and O–H groups in total. The van der Waals surface area contributed by atoms with Gasteiger partial charge in [0, 0.05) is 4.47 Å². The molecule has 1 heterocycles. The summed E-state index contributed by atoms with van der Waals surface area (Å²) in [5, 5.41) is 5.01. The number of sulfonamides is 1. The Kier molecular flexibility index (Phi) is 3.85. The number of rotatable bonds is 3. The van der Waals surface area contributed by atoms with Crippen LogP contribution in [0.5, 0.6) is 0 Å². The molecule has 1 aromatic carbocycles.